The molecule has 2 N–H and O–H groups in total. The number of aromatic nitrogens is 6. The highest BCUT2D eigenvalue weighted by molar-refractivity contribution is 5.93. The monoisotopic (exact) mass is 511 g/mol. The molecule has 1 aromatic carbocycles. The second kappa shape index (κ2) is 10.6. The lowest BCUT2D eigenvalue weighted by Gasteiger charge is -2.27. The first-order chi connectivity index (χ1) is 17.1. The van der Waals surface area contributed by atoms with Gasteiger partial charge in [-0.1, -0.05) is 6.07 Å². The van der Waals surface area contributed by atoms with E-state index in [0.717, 1.165) is 6.07 Å². The predicted molar refractivity (Wildman–Crippen MR) is 113 cm³/mol. The van der Waals surface area contributed by atoms with Crippen LogP contribution in [0.2, 0.25) is 0 Å². The van der Waals surface area contributed by atoms with E-state index in [-0.39, 0.29) is 73.7 Å². The number of rotatable bonds is 7. The molecule has 2 atom stereocenters. The number of nitrogens with one attached hydrogen (secondary N) is 1. The number of alkyl halides is 3. The highest BCUT2D eigenvalue weighted by atomic mass is 19.4. The van der Waals surface area contributed by atoms with Crippen molar-refractivity contribution in [3.05, 3.63) is 52.7 Å². The highest BCUT2D eigenvalue weighted by Gasteiger charge is 2.34. The molecular weight excluding hydrogens is 490 g/mol. The summed E-state index contributed by atoms with van der Waals surface area (Å²) in [6, 6.07) is 3.80. The van der Waals surface area contributed by atoms with Crippen molar-refractivity contribution >= 4 is 5.91 Å². The number of nitrogens with zero attached hydrogens (tertiary/aromatic N) is 6. The van der Waals surface area contributed by atoms with Gasteiger partial charge in [0.05, 0.1) is 31.9 Å². The molecule has 0 saturated carbocycles. The molecule has 0 radical (unpaired) electrons. The summed E-state index contributed by atoms with van der Waals surface area (Å²) < 4.78 is 63.3. The topological polar surface area (TPSA) is 137 Å². The van der Waals surface area contributed by atoms with Gasteiger partial charge in [-0.3, -0.25) is 4.79 Å². The van der Waals surface area contributed by atoms with E-state index in [0.29, 0.717) is 12.1 Å². The van der Waals surface area contributed by atoms with Crippen molar-refractivity contribution in [1.29, 1.82) is 0 Å². The van der Waals surface area contributed by atoms with Crippen LogP contribution in [0.25, 0.3) is 11.5 Å². The molecule has 1 amide bonds. The Kier molecular flexibility index (Phi) is 7.51. The Labute approximate surface area is 201 Å². The summed E-state index contributed by atoms with van der Waals surface area (Å²) in [7, 11) is 0. The van der Waals surface area contributed by atoms with Gasteiger partial charge in [-0.05, 0) is 35.9 Å². The smallest absolute Gasteiger partial charge is 0.394 e. The Morgan fingerprint density at radius 1 is 1.19 bits per heavy atom. The molecule has 2 aromatic heterocycles. The number of hydrogen-bond acceptors (Lipinski definition) is 9. The molecule has 1 unspecified atom stereocenters. The quantitative estimate of drug-likeness (QED) is 0.450. The fourth-order valence-corrected chi connectivity index (χ4v) is 3.37. The lowest BCUT2D eigenvalue weighted by atomic mass is 10.1. The largest absolute Gasteiger partial charge is 0.419 e. The molecule has 1 aliphatic rings. The number of carbonyl (C=O) groups excluding carboxylic acids is 1. The van der Waals surface area contributed by atoms with E-state index in [4.69, 9.17) is 14.6 Å². The number of carbonyl (C=O) groups is 1. The number of tetrazole rings is 1. The Bertz CT molecular complexity index is 1230. The number of benzene rings is 1. The van der Waals surface area contributed by atoms with Gasteiger partial charge in [-0.2, -0.15) is 18.0 Å². The van der Waals surface area contributed by atoms with E-state index in [1.807, 2.05) is 0 Å². The molecule has 11 nitrogen and oxygen atoms in total. The maximum atomic E-state index is 13.5. The minimum Gasteiger partial charge on any atom is -0.394 e. The summed E-state index contributed by atoms with van der Waals surface area (Å²) in [4.78, 5) is 22.2. The van der Waals surface area contributed by atoms with E-state index >= 15 is 0 Å². The van der Waals surface area contributed by atoms with Gasteiger partial charge in [-0.15, -0.1) is 10.2 Å². The molecule has 0 aliphatic carbocycles. The molecule has 1 aliphatic heterocycles. The van der Waals surface area contributed by atoms with E-state index in [9.17, 15) is 22.4 Å². The first-order valence-electron chi connectivity index (χ1n) is 10.7. The molecule has 0 bridgehead atoms. The maximum Gasteiger partial charge on any atom is 0.419 e. The Balaban J connectivity index is 1.42. The number of aryl methyl sites for hydroxylation is 1. The summed E-state index contributed by atoms with van der Waals surface area (Å²) in [5.74, 6) is -1.73. The van der Waals surface area contributed by atoms with Gasteiger partial charge in [0.2, 0.25) is 5.82 Å². The number of amides is 1. The zero-order valence-electron chi connectivity index (χ0n) is 18.9. The van der Waals surface area contributed by atoms with Crippen LogP contribution >= 0.6 is 0 Å². The summed E-state index contributed by atoms with van der Waals surface area (Å²) in [5.41, 5.74) is -1.21. The van der Waals surface area contributed by atoms with Crippen molar-refractivity contribution in [3.63, 3.8) is 0 Å². The first kappa shape index (κ1) is 25.5. The van der Waals surface area contributed by atoms with Crippen LogP contribution in [0.3, 0.4) is 0 Å². The molecule has 1 fully saturated rings. The van der Waals surface area contributed by atoms with Crippen LogP contribution in [0.4, 0.5) is 17.6 Å². The number of aliphatic hydroxyl groups is 1. The maximum absolute atomic E-state index is 13.5. The molecule has 1 saturated heterocycles. The van der Waals surface area contributed by atoms with E-state index in [1.165, 1.54) is 10.9 Å². The average molecular weight is 511 g/mol. The second-order valence-corrected chi connectivity index (χ2v) is 7.94. The number of hydrogen-bond donors (Lipinski definition) is 2. The molecule has 3 aromatic rings. The van der Waals surface area contributed by atoms with Crippen LogP contribution < -0.4 is 5.32 Å². The number of halogens is 4. The van der Waals surface area contributed by atoms with Crippen LogP contribution in [-0.2, 0) is 28.7 Å². The van der Waals surface area contributed by atoms with Crippen LogP contribution in [0.15, 0.2) is 24.3 Å². The van der Waals surface area contributed by atoms with Gasteiger partial charge >= 0.3 is 6.18 Å². The van der Waals surface area contributed by atoms with Crippen LogP contribution in [-0.4, -0.2) is 73.2 Å². The molecule has 192 valence electrons. The Morgan fingerprint density at radius 3 is 2.64 bits per heavy atom. The van der Waals surface area contributed by atoms with Gasteiger partial charge < -0.3 is 19.9 Å². The number of aliphatic hydroxyl groups excluding tert-OH is 1. The normalized spacial score (nSPS) is 18.3. The molecule has 0 spiro atoms. The molecule has 15 heteroatoms. The highest BCUT2D eigenvalue weighted by Crippen LogP contribution is 2.31. The van der Waals surface area contributed by atoms with Crippen LogP contribution in [0.1, 0.15) is 27.4 Å². The summed E-state index contributed by atoms with van der Waals surface area (Å²) in [6.07, 6.45) is -5.57. The lowest BCUT2D eigenvalue weighted by Crippen LogP contribution is -2.40. The van der Waals surface area contributed by atoms with Gasteiger partial charge in [0.15, 0.2) is 0 Å². The number of ether oxygens (including phenoxy) is 2. The standard InChI is InChI=1S/C21H21F4N7O4/c1-11-27-17(19-29-31-32(30-19)7-13-9-36-14(8-33)10-35-13)5-18(28-11)20(34)26-6-12-2-3-16(22)15(4-12)21(23,24)25/h2-5,13-14,33H,6-10H2,1H3,(H,26,34)/t13-,14?/m0/s1. The van der Waals surface area contributed by atoms with E-state index in [1.54, 1.807) is 6.92 Å². The average Bonchev–Trinajstić information content (AvgIpc) is 3.31. The van der Waals surface area contributed by atoms with Gasteiger partial charge in [0.1, 0.15) is 35.2 Å². The van der Waals surface area contributed by atoms with Crippen molar-refractivity contribution in [2.75, 3.05) is 19.8 Å². The summed E-state index contributed by atoms with van der Waals surface area (Å²) in [5, 5.41) is 23.7. The van der Waals surface area contributed by atoms with Gasteiger partial charge in [0, 0.05) is 6.54 Å². The second-order valence-electron chi connectivity index (χ2n) is 7.94. The van der Waals surface area contributed by atoms with Crippen molar-refractivity contribution in [3.8, 4) is 11.5 Å². The SMILES string of the molecule is Cc1nc(C(=O)NCc2ccc(F)c(C(F)(F)F)c2)cc(-c2nnn(C[C@H]3COC(CO)CO3)n2)n1. The minimum absolute atomic E-state index is 0.0620. The molecule has 36 heavy (non-hydrogen) atoms. The fourth-order valence-electron chi connectivity index (χ4n) is 3.37. The summed E-state index contributed by atoms with van der Waals surface area (Å²) in [6.45, 7) is 1.85. The molecule has 3 heterocycles. The Morgan fingerprint density at radius 2 is 1.94 bits per heavy atom. The van der Waals surface area contributed by atoms with Crippen molar-refractivity contribution in [2.24, 2.45) is 0 Å². The van der Waals surface area contributed by atoms with Gasteiger partial charge in [-0.25, -0.2) is 14.4 Å². The van der Waals surface area contributed by atoms with Crippen molar-refractivity contribution in [2.45, 2.75) is 38.4 Å². The van der Waals surface area contributed by atoms with E-state index in [2.05, 4.69) is 30.7 Å². The third-order valence-electron chi connectivity index (χ3n) is 5.15. The van der Waals surface area contributed by atoms with Crippen molar-refractivity contribution in [1.82, 2.24) is 35.5 Å². The lowest BCUT2D eigenvalue weighted by molar-refractivity contribution is -0.150. The third kappa shape index (κ3) is 6.16. The minimum atomic E-state index is -4.86. The van der Waals surface area contributed by atoms with Crippen LogP contribution in [0, 0.1) is 12.7 Å². The first-order valence-corrected chi connectivity index (χ1v) is 10.7. The third-order valence-corrected chi connectivity index (χ3v) is 5.15. The summed E-state index contributed by atoms with van der Waals surface area (Å²) >= 11 is 0. The van der Waals surface area contributed by atoms with Crippen molar-refractivity contribution < 1.29 is 36.9 Å². The van der Waals surface area contributed by atoms with Gasteiger partial charge in [0.25, 0.3) is 5.91 Å². The zero-order chi connectivity index (χ0) is 25.9. The molecule has 4 rings (SSSR count). The van der Waals surface area contributed by atoms with E-state index < -0.39 is 23.5 Å². The Hall–Kier alpha value is -3.56. The van der Waals surface area contributed by atoms with Crippen LogP contribution in [0.5, 0.6) is 0 Å². The fraction of sp³-hybridized carbons (Fsp3) is 0.429. The zero-order valence-corrected chi connectivity index (χ0v) is 18.9. The predicted octanol–water partition coefficient (Wildman–Crippen LogP) is 1.30. The molecular formula is C21H21F4N7O4.